The highest BCUT2D eigenvalue weighted by atomic mass is 16.2. The molecule has 3 aromatic rings. The molecule has 4 rings (SSSR count). The lowest BCUT2D eigenvalue weighted by molar-refractivity contribution is -0.123. The van der Waals surface area contributed by atoms with Crippen LogP contribution in [-0.4, -0.2) is 96.9 Å². The van der Waals surface area contributed by atoms with E-state index in [1.54, 1.807) is 16.0 Å². The number of nitrogens with zero attached hydrogens (tertiary/aromatic N) is 3. The zero-order valence-corrected chi connectivity index (χ0v) is 20.9. The van der Waals surface area contributed by atoms with Gasteiger partial charge in [0, 0.05) is 62.8 Å². The zero-order valence-electron chi connectivity index (χ0n) is 20.9. The fourth-order valence-corrected chi connectivity index (χ4v) is 4.36. The molecule has 9 nitrogen and oxygen atoms in total. The number of hydrogen-bond acceptors (Lipinski definition) is 4. The van der Waals surface area contributed by atoms with Crippen molar-refractivity contribution < 1.29 is 14.4 Å². The predicted molar refractivity (Wildman–Crippen MR) is 140 cm³/mol. The lowest BCUT2D eigenvalue weighted by Crippen LogP contribution is -2.57. The summed E-state index contributed by atoms with van der Waals surface area (Å²) in [6, 6.07) is 16.4. The summed E-state index contributed by atoms with van der Waals surface area (Å²) >= 11 is 0. The van der Waals surface area contributed by atoms with Gasteiger partial charge in [0.15, 0.2) is 0 Å². The van der Waals surface area contributed by atoms with Crippen LogP contribution in [-0.2, 0) is 11.2 Å². The Labute approximate surface area is 211 Å². The first-order chi connectivity index (χ1) is 17.4. The number of rotatable bonds is 8. The summed E-state index contributed by atoms with van der Waals surface area (Å²) in [5.74, 6) is -0.253. The standard InChI is InChI=1S/C27H34N6O3/c1-31(2)13-12-28-25(34)24(18-20-8-4-3-5-9-20)30-27(36)33-16-14-32(15-17-33)26(35)22-19-29-23-11-7-6-10-21(22)23/h3-11,19,24,29H,12-18H2,1-2H3,(H,28,34)(H,30,36)/t24-/m0/s1. The van der Waals surface area contributed by atoms with Gasteiger partial charge in [-0.2, -0.15) is 0 Å². The average Bonchev–Trinajstić information content (AvgIpc) is 3.32. The van der Waals surface area contributed by atoms with E-state index in [0.717, 1.165) is 16.5 Å². The van der Waals surface area contributed by atoms with Crippen molar-refractivity contribution in [2.45, 2.75) is 12.5 Å². The van der Waals surface area contributed by atoms with Gasteiger partial charge in [0.05, 0.1) is 5.56 Å². The van der Waals surface area contributed by atoms with Crippen LogP contribution < -0.4 is 10.6 Å². The van der Waals surface area contributed by atoms with Crippen LogP contribution in [0.5, 0.6) is 0 Å². The maximum absolute atomic E-state index is 13.1. The van der Waals surface area contributed by atoms with Crippen LogP contribution in [0.2, 0.25) is 0 Å². The summed E-state index contributed by atoms with van der Waals surface area (Å²) in [4.78, 5) is 47.7. The Balaban J connectivity index is 1.35. The second-order valence-electron chi connectivity index (χ2n) is 9.31. The van der Waals surface area contributed by atoms with E-state index in [1.165, 1.54) is 0 Å². The number of fused-ring (bicyclic) bond motifs is 1. The maximum atomic E-state index is 13.1. The van der Waals surface area contributed by atoms with Gasteiger partial charge in [0.2, 0.25) is 5.91 Å². The molecule has 0 aliphatic carbocycles. The van der Waals surface area contributed by atoms with Crippen molar-refractivity contribution in [3.8, 4) is 0 Å². The molecule has 2 heterocycles. The fraction of sp³-hybridized carbons (Fsp3) is 0.370. The number of para-hydroxylation sites is 1. The number of H-pyrrole nitrogens is 1. The first-order valence-corrected chi connectivity index (χ1v) is 12.3. The number of aromatic nitrogens is 1. The highest BCUT2D eigenvalue weighted by molar-refractivity contribution is 6.06. The van der Waals surface area contributed by atoms with Crippen molar-refractivity contribution in [1.82, 2.24) is 30.3 Å². The molecule has 0 unspecified atom stereocenters. The fourth-order valence-electron chi connectivity index (χ4n) is 4.36. The number of carbonyl (C=O) groups excluding carboxylic acids is 3. The van der Waals surface area contributed by atoms with Crippen molar-refractivity contribution in [2.75, 3.05) is 53.4 Å². The summed E-state index contributed by atoms with van der Waals surface area (Å²) in [5, 5.41) is 6.74. The van der Waals surface area contributed by atoms with Crippen LogP contribution in [0.1, 0.15) is 15.9 Å². The third-order valence-electron chi connectivity index (χ3n) is 6.43. The second kappa shape index (κ2) is 11.7. The third kappa shape index (κ3) is 6.23. The van der Waals surface area contributed by atoms with E-state index in [4.69, 9.17) is 0 Å². The molecule has 9 heteroatoms. The van der Waals surface area contributed by atoms with E-state index >= 15 is 0 Å². The molecule has 0 saturated carbocycles. The molecule has 1 aromatic heterocycles. The van der Waals surface area contributed by atoms with Gasteiger partial charge in [-0.25, -0.2) is 4.79 Å². The summed E-state index contributed by atoms with van der Waals surface area (Å²) < 4.78 is 0. The lowest BCUT2D eigenvalue weighted by atomic mass is 10.1. The van der Waals surface area contributed by atoms with E-state index in [2.05, 4.69) is 15.6 Å². The minimum absolute atomic E-state index is 0.0465. The average molecular weight is 491 g/mol. The molecule has 4 amide bonds. The van der Waals surface area contributed by atoms with Gasteiger partial charge in [0.1, 0.15) is 6.04 Å². The molecule has 190 valence electrons. The van der Waals surface area contributed by atoms with Gasteiger partial charge in [-0.1, -0.05) is 48.5 Å². The monoisotopic (exact) mass is 490 g/mol. The number of urea groups is 1. The van der Waals surface area contributed by atoms with E-state index in [9.17, 15) is 14.4 Å². The van der Waals surface area contributed by atoms with Crippen LogP contribution in [0.4, 0.5) is 4.79 Å². The van der Waals surface area contributed by atoms with Gasteiger partial charge >= 0.3 is 6.03 Å². The van der Waals surface area contributed by atoms with Crippen molar-refractivity contribution in [3.05, 3.63) is 71.9 Å². The largest absolute Gasteiger partial charge is 0.360 e. The third-order valence-corrected chi connectivity index (χ3v) is 6.43. The van der Waals surface area contributed by atoms with Crippen LogP contribution >= 0.6 is 0 Å². The molecule has 0 bridgehead atoms. The molecule has 0 radical (unpaired) electrons. The molecule has 1 saturated heterocycles. The van der Waals surface area contributed by atoms with Crippen molar-refractivity contribution >= 4 is 28.7 Å². The molecule has 1 aliphatic rings. The Hall–Kier alpha value is -3.85. The second-order valence-corrected chi connectivity index (χ2v) is 9.31. The number of nitrogens with one attached hydrogen (secondary N) is 3. The first kappa shape index (κ1) is 25.2. The van der Waals surface area contributed by atoms with Crippen LogP contribution in [0, 0.1) is 0 Å². The number of amides is 4. The molecule has 1 fully saturated rings. The SMILES string of the molecule is CN(C)CCNC(=O)[C@H](Cc1ccccc1)NC(=O)N1CCN(C(=O)c2c[nH]c3ccccc23)CC1. The minimum atomic E-state index is -0.687. The summed E-state index contributed by atoms with van der Waals surface area (Å²) in [7, 11) is 3.89. The molecule has 2 aromatic carbocycles. The number of piperazine rings is 1. The van der Waals surface area contributed by atoms with E-state index in [0.29, 0.717) is 51.3 Å². The molecule has 1 aliphatic heterocycles. The Bertz CT molecular complexity index is 1180. The van der Waals surface area contributed by atoms with Gasteiger partial charge < -0.3 is 30.3 Å². The van der Waals surface area contributed by atoms with Crippen LogP contribution in [0.15, 0.2) is 60.8 Å². The topological polar surface area (TPSA) is 101 Å². The highest BCUT2D eigenvalue weighted by Crippen LogP contribution is 2.20. The first-order valence-electron chi connectivity index (χ1n) is 12.3. The smallest absolute Gasteiger partial charge is 0.318 e. The molecular weight excluding hydrogens is 456 g/mol. The van der Waals surface area contributed by atoms with Crippen molar-refractivity contribution in [3.63, 3.8) is 0 Å². The predicted octanol–water partition coefficient (Wildman–Crippen LogP) is 1.92. The Kier molecular flexibility index (Phi) is 8.22. The normalized spacial score (nSPS) is 14.6. The number of likely N-dealkylation sites (N-methyl/N-ethyl adjacent to an activating group) is 1. The number of benzene rings is 2. The Morgan fingerprint density at radius 1 is 0.944 bits per heavy atom. The molecular formula is C27H34N6O3. The molecule has 0 spiro atoms. The molecule has 1 atom stereocenters. The number of hydrogen-bond donors (Lipinski definition) is 3. The molecule has 36 heavy (non-hydrogen) atoms. The minimum Gasteiger partial charge on any atom is -0.360 e. The number of aromatic amines is 1. The van der Waals surface area contributed by atoms with E-state index in [-0.39, 0.29) is 17.8 Å². The summed E-state index contributed by atoms with van der Waals surface area (Å²) in [6.45, 7) is 2.89. The summed E-state index contributed by atoms with van der Waals surface area (Å²) in [5.41, 5.74) is 2.53. The highest BCUT2D eigenvalue weighted by Gasteiger charge is 2.29. The van der Waals surface area contributed by atoms with Gasteiger partial charge in [0.25, 0.3) is 5.91 Å². The van der Waals surface area contributed by atoms with Gasteiger partial charge in [-0.05, 0) is 25.7 Å². The van der Waals surface area contributed by atoms with Crippen LogP contribution in [0.25, 0.3) is 10.9 Å². The molecule has 3 N–H and O–H groups in total. The maximum Gasteiger partial charge on any atom is 0.318 e. The van der Waals surface area contributed by atoms with Gasteiger partial charge in [-0.15, -0.1) is 0 Å². The van der Waals surface area contributed by atoms with Crippen molar-refractivity contribution in [1.29, 1.82) is 0 Å². The van der Waals surface area contributed by atoms with E-state index < -0.39 is 6.04 Å². The van der Waals surface area contributed by atoms with E-state index in [1.807, 2.05) is 73.6 Å². The quantitative estimate of drug-likeness (QED) is 0.449. The number of carbonyl (C=O) groups is 3. The summed E-state index contributed by atoms with van der Waals surface area (Å²) in [6.07, 6.45) is 2.15. The van der Waals surface area contributed by atoms with Crippen LogP contribution in [0.3, 0.4) is 0 Å². The Morgan fingerprint density at radius 2 is 1.61 bits per heavy atom. The zero-order chi connectivity index (χ0) is 25.5. The Morgan fingerprint density at radius 3 is 2.33 bits per heavy atom. The van der Waals surface area contributed by atoms with Crippen molar-refractivity contribution in [2.24, 2.45) is 0 Å². The lowest BCUT2D eigenvalue weighted by Gasteiger charge is -2.35. The van der Waals surface area contributed by atoms with Gasteiger partial charge in [-0.3, -0.25) is 9.59 Å².